The van der Waals surface area contributed by atoms with Gasteiger partial charge in [0.1, 0.15) is 11.9 Å². The van der Waals surface area contributed by atoms with Crippen LogP contribution in [0.25, 0.3) is 0 Å². The Morgan fingerprint density at radius 1 is 1.19 bits per heavy atom. The van der Waals surface area contributed by atoms with Crippen LogP contribution < -0.4 is 4.74 Å². The highest BCUT2D eigenvalue weighted by Crippen LogP contribution is 2.44. The number of rotatable bonds is 5. The minimum atomic E-state index is -0.648. The Morgan fingerprint density at radius 3 is 2.38 bits per heavy atom. The summed E-state index contributed by atoms with van der Waals surface area (Å²) in [6, 6.07) is 7.76. The second-order valence-electron chi connectivity index (χ2n) is 6.56. The number of para-hydroxylation sites is 1. The lowest BCUT2D eigenvalue weighted by molar-refractivity contribution is -0.131. The van der Waals surface area contributed by atoms with Crippen LogP contribution in [0, 0.1) is 5.92 Å². The van der Waals surface area contributed by atoms with E-state index in [1.165, 1.54) is 0 Å². The van der Waals surface area contributed by atoms with Gasteiger partial charge in [-0.3, -0.25) is 0 Å². The van der Waals surface area contributed by atoms with Gasteiger partial charge >= 0.3 is 0 Å². The topological polar surface area (TPSA) is 38.7 Å². The van der Waals surface area contributed by atoms with Gasteiger partial charge in [-0.1, -0.05) is 25.1 Å². The van der Waals surface area contributed by atoms with Crippen molar-refractivity contribution in [3.63, 3.8) is 0 Å². The number of ether oxygens (including phenoxy) is 2. The molecule has 118 valence electrons. The smallest absolute Gasteiger partial charge is 0.125 e. The van der Waals surface area contributed by atoms with Crippen molar-refractivity contribution in [3.05, 3.63) is 29.8 Å². The normalized spacial score (nSPS) is 27.6. The lowest BCUT2D eigenvalue weighted by Crippen LogP contribution is -2.42. The largest absolute Gasteiger partial charge is 0.491 e. The molecule has 1 atom stereocenters. The molecule has 0 heterocycles. The summed E-state index contributed by atoms with van der Waals surface area (Å²) in [4.78, 5) is 0. The molecule has 0 aromatic heterocycles. The highest BCUT2D eigenvalue weighted by molar-refractivity contribution is 5.37. The molecule has 0 amide bonds. The maximum Gasteiger partial charge on any atom is 0.125 e. The van der Waals surface area contributed by atoms with Crippen molar-refractivity contribution in [1.82, 2.24) is 0 Å². The van der Waals surface area contributed by atoms with Crippen molar-refractivity contribution in [2.75, 3.05) is 7.11 Å². The van der Waals surface area contributed by atoms with Crippen LogP contribution in [0.4, 0.5) is 0 Å². The summed E-state index contributed by atoms with van der Waals surface area (Å²) in [5, 5.41) is 11.0. The van der Waals surface area contributed by atoms with Crippen LogP contribution >= 0.6 is 0 Å². The molecular weight excluding hydrogens is 264 g/mol. The summed E-state index contributed by atoms with van der Waals surface area (Å²) in [7, 11) is 1.71. The van der Waals surface area contributed by atoms with Crippen molar-refractivity contribution in [3.8, 4) is 5.75 Å². The van der Waals surface area contributed by atoms with Crippen LogP contribution in [0.15, 0.2) is 24.3 Å². The maximum absolute atomic E-state index is 11.0. The molecule has 1 aliphatic rings. The van der Waals surface area contributed by atoms with Crippen LogP contribution in [0.1, 0.15) is 58.1 Å². The number of aliphatic hydroxyl groups excluding tert-OH is 1. The molecule has 1 aromatic rings. The molecule has 0 radical (unpaired) electrons. The molecule has 1 aromatic carbocycles. The van der Waals surface area contributed by atoms with Gasteiger partial charge in [-0.15, -0.1) is 0 Å². The summed E-state index contributed by atoms with van der Waals surface area (Å²) < 4.78 is 11.7. The molecule has 1 saturated carbocycles. The van der Waals surface area contributed by atoms with Crippen molar-refractivity contribution < 1.29 is 14.6 Å². The van der Waals surface area contributed by atoms with Gasteiger partial charge in [-0.25, -0.2) is 0 Å². The summed E-state index contributed by atoms with van der Waals surface area (Å²) in [6.45, 7) is 6.26. The Kier molecular flexibility index (Phi) is 5.28. The zero-order chi connectivity index (χ0) is 15.5. The zero-order valence-electron chi connectivity index (χ0n) is 13.6. The van der Waals surface area contributed by atoms with Gasteiger partial charge in [0.05, 0.1) is 11.7 Å². The first kappa shape index (κ1) is 16.3. The molecule has 0 bridgehead atoms. The van der Waals surface area contributed by atoms with Crippen LogP contribution in [-0.4, -0.2) is 23.9 Å². The van der Waals surface area contributed by atoms with E-state index in [0.29, 0.717) is 5.92 Å². The summed E-state index contributed by atoms with van der Waals surface area (Å²) in [5.74, 6) is 1.47. The molecule has 21 heavy (non-hydrogen) atoms. The SMILES string of the molecule is COC1(C(O)c2ccccc2OC(C)C)CCC(C)CC1. The number of methoxy groups -OCH3 is 1. The van der Waals surface area contributed by atoms with Gasteiger partial charge < -0.3 is 14.6 Å². The molecule has 1 N–H and O–H groups in total. The fraction of sp³-hybridized carbons (Fsp3) is 0.667. The Hall–Kier alpha value is -1.06. The summed E-state index contributed by atoms with van der Waals surface area (Å²) in [6.07, 6.45) is 3.41. The number of hydrogen-bond donors (Lipinski definition) is 1. The van der Waals surface area contributed by atoms with Gasteiger partial charge in [-0.05, 0) is 51.5 Å². The third kappa shape index (κ3) is 3.58. The van der Waals surface area contributed by atoms with Crippen molar-refractivity contribution in [2.45, 2.75) is 64.3 Å². The van der Waals surface area contributed by atoms with E-state index in [9.17, 15) is 5.11 Å². The molecule has 0 saturated heterocycles. The lowest BCUT2D eigenvalue weighted by atomic mass is 9.74. The maximum atomic E-state index is 11.0. The van der Waals surface area contributed by atoms with E-state index in [0.717, 1.165) is 37.0 Å². The number of hydrogen-bond acceptors (Lipinski definition) is 3. The average molecular weight is 292 g/mol. The Bertz CT molecular complexity index is 448. The number of aliphatic hydroxyl groups is 1. The standard InChI is InChI=1S/C18H28O3/c1-13(2)21-16-8-6-5-7-15(16)17(19)18(20-4)11-9-14(3)10-12-18/h5-8,13-14,17,19H,9-12H2,1-4H3. The van der Waals surface area contributed by atoms with E-state index in [2.05, 4.69) is 6.92 Å². The first-order valence-corrected chi connectivity index (χ1v) is 7.97. The van der Waals surface area contributed by atoms with Crippen molar-refractivity contribution in [2.24, 2.45) is 5.92 Å². The number of benzene rings is 1. The predicted octanol–water partition coefficient (Wildman–Crippen LogP) is 4.10. The third-order valence-corrected chi connectivity index (χ3v) is 4.60. The molecule has 1 fully saturated rings. The van der Waals surface area contributed by atoms with E-state index in [1.807, 2.05) is 38.1 Å². The quantitative estimate of drug-likeness (QED) is 0.888. The lowest BCUT2D eigenvalue weighted by Gasteiger charge is -2.42. The van der Waals surface area contributed by atoms with Crippen LogP contribution in [0.2, 0.25) is 0 Å². The Labute approximate surface area is 128 Å². The van der Waals surface area contributed by atoms with E-state index >= 15 is 0 Å². The first-order chi connectivity index (χ1) is 9.98. The van der Waals surface area contributed by atoms with Gasteiger partial charge in [0, 0.05) is 12.7 Å². The summed E-state index contributed by atoms with van der Waals surface area (Å²) >= 11 is 0. The Morgan fingerprint density at radius 2 is 1.81 bits per heavy atom. The fourth-order valence-corrected chi connectivity index (χ4v) is 3.19. The van der Waals surface area contributed by atoms with E-state index < -0.39 is 11.7 Å². The fourth-order valence-electron chi connectivity index (χ4n) is 3.19. The van der Waals surface area contributed by atoms with E-state index in [4.69, 9.17) is 9.47 Å². The zero-order valence-corrected chi connectivity index (χ0v) is 13.6. The highest BCUT2D eigenvalue weighted by atomic mass is 16.5. The second-order valence-corrected chi connectivity index (χ2v) is 6.56. The van der Waals surface area contributed by atoms with Crippen LogP contribution in [-0.2, 0) is 4.74 Å². The minimum absolute atomic E-state index is 0.0863. The molecule has 0 aliphatic heterocycles. The monoisotopic (exact) mass is 292 g/mol. The molecule has 3 heteroatoms. The molecule has 3 nitrogen and oxygen atoms in total. The average Bonchev–Trinajstić information content (AvgIpc) is 2.48. The van der Waals surface area contributed by atoms with Gasteiger partial charge in [0.15, 0.2) is 0 Å². The van der Waals surface area contributed by atoms with Gasteiger partial charge in [0.2, 0.25) is 0 Å². The molecule has 1 unspecified atom stereocenters. The summed E-state index contributed by atoms with van der Waals surface area (Å²) in [5.41, 5.74) is 0.353. The Balaban J connectivity index is 2.27. The molecule has 1 aliphatic carbocycles. The molecule has 2 rings (SSSR count). The van der Waals surface area contributed by atoms with E-state index in [-0.39, 0.29) is 6.10 Å². The van der Waals surface area contributed by atoms with E-state index in [1.54, 1.807) is 7.11 Å². The van der Waals surface area contributed by atoms with Gasteiger partial charge in [0.25, 0.3) is 0 Å². The first-order valence-electron chi connectivity index (χ1n) is 7.97. The minimum Gasteiger partial charge on any atom is -0.491 e. The molecule has 0 spiro atoms. The van der Waals surface area contributed by atoms with Crippen LogP contribution in [0.3, 0.4) is 0 Å². The molecular formula is C18H28O3. The predicted molar refractivity (Wildman–Crippen MR) is 84.5 cm³/mol. The van der Waals surface area contributed by atoms with Crippen molar-refractivity contribution in [1.29, 1.82) is 0 Å². The second kappa shape index (κ2) is 6.80. The third-order valence-electron chi connectivity index (χ3n) is 4.60. The van der Waals surface area contributed by atoms with Crippen molar-refractivity contribution >= 4 is 0 Å². The van der Waals surface area contributed by atoms with Crippen LogP contribution in [0.5, 0.6) is 5.75 Å². The highest BCUT2D eigenvalue weighted by Gasteiger charge is 2.42. The van der Waals surface area contributed by atoms with Gasteiger partial charge in [-0.2, -0.15) is 0 Å².